The molecule has 22 heavy (non-hydrogen) atoms. The van der Waals surface area contributed by atoms with Crippen molar-refractivity contribution in [1.29, 1.82) is 0 Å². The lowest BCUT2D eigenvalue weighted by molar-refractivity contribution is 0.0697. The number of carbonyl (C=O) groups is 1. The third kappa shape index (κ3) is 2.77. The summed E-state index contributed by atoms with van der Waals surface area (Å²) >= 11 is 1.63. The number of carboxylic acid groups (broad SMARTS) is 1. The third-order valence-electron chi connectivity index (χ3n) is 3.80. The van der Waals surface area contributed by atoms with E-state index >= 15 is 0 Å². The maximum absolute atomic E-state index is 11.1. The summed E-state index contributed by atoms with van der Waals surface area (Å²) in [4.78, 5) is 12.2. The summed E-state index contributed by atoms with van der Waals surface area (Å²) in [5.41, 5.74) is 2.97. The Kier molecular flexibility index (Phi) is 3.53. The summed E-state index contributed by atoms with van der Waals surface area (Å²) in [5, 5.41) is 10.2. The molecule has 0 aliphatic rings. The molecule has 3 aromatic rings. The fraction of sp³-hybridized carbons (Fsp3) is 0.211. The van der Waals surface area contributed by atoms with Crippen molar-refractivity contribution >= 4 is 27.4 Å². The summed E-state index contributed by atoms with van der Waals surface area (Å²) in [6.45, 7) is 6.61. The van der Waals surface area contributed by atoms with Gasteiger partial charge in [-0.2, -0.15) is 0 Å². The molecule has 3 heteroatoms. The van der Waals surface area contributed by atoms with E-state index in [2.05, 4.69) is 51.1 Å². The Morgan fingerprint density at radius 1 is 1.00 bits per heavy atom. The summed E-state index contributed by atoms with van der Waals surface area (Å²) in [7, 11) is 0. The Balaban J connectivity index is 2.01. The average Bonchev–Trinajstić information content (AvgIpc) is 2.89. The fourth-order valence-corrected chi connectivity index (χ4v) is 3.55. The number of fused-ring (bicyclic) bond motifs is 1. The van der Waals surface area contributed by atoms with Crippen molar-refractivity contribution in [3.05, 3.63) is 59.7 Å². The Bertz CT molecular complexity index is 836. The van der Waals surface area contributed by atoms with Crippen LogP contribution in [0.1, 0.15) is 36.7 Å². The van der Waals surface area contributed by atoms with Gasteiger partial charge in [0.2, 0.25) is 0 Å². The zero-order valence-electron chi connectivity index (χ0n) is 12.9. The highest BCUT2D eigenvalue weighted by molar-refractivity contribution is 7.22. The molecule has 0 radical (unpaired) electrons. The highest BCUT2D eigenvalue weighted by atomic mass is 32.1. The molecule has 1 heterocycles. The van der Waals surface area contributed by atoms with Gasteiger partial charge in [-0.05, 0) is 40.1 Å². The monoisotopic (exact) mass is 310 g/mol. The van der Waals surface area contributed by atoms with Crippen molar-refractivity contribution in [2.24, 2.45) is 0 Å². The molecule has 3 rings (SSSR count). The van der Waals surface area contributed by atoms with E-state index in [1.54, 1.807) is 23.5 Å². The summed E-state index contributed by atoms with van der Waals surface area (Å²) < 4.78 is 1.01. The normalized spacial score (nSPS) is 11.8. The minimum absolute atomic E-state index is 0.148. The van der Waals surface area contributed by atoms with Gasteiger partial charge in [0.1, 0.15) is 0 Å². The van der Waals surface area contributed by atoms with E-state index in [0.29, 0.717) is 5.56 Å². The van der Waals surface area contributed by atoms with Crippen LogP contribution in [-0.4, -0.2) is 11.1 Å². The maximum atomic E-state index is 11.1. The first-order valence-corrected chi connectivity index (χ1v) is 8.04. The lowest BCUT2D eigenvalue weighted by Gasteiger charge is -2.18. The van der Waals surface area contributed by atoms with Gasteiger partial charge in [-0.25, -0.2) is 4.79 Å². The second-order valence-corrected chi connectivity index (χ2v) is 7.58. The quantitative estimate of drug-likeness (QED) is 0.672. The van der Waals surface area contributed by atoms with Crippen molar-refractivity contribution in [2.45, 2.75) is 26.2 Å². The van der Waals surface area contributed by atoms with Crippen LogP contribution in [0.2, 0.25) is 0 Å². The van der Waals surface area contributed by atoms with Gasteiger partial charge in [-0.1, -0.05) is 51.1 Å². The predicted molar refractivity (Wildman–Crippen MR) is 92.9 cm³/mol. The highest BCUT2D eigenvalue weighted by Crippen LogP contribution is 2.35. The lowest BCUT2D eigenvalue weighted by Crippen LogP contribution is -2.10. The van der Waals surface area contributed by atoms with Crippen LogP contribution in [-0.2, 0) is 5.41 Å². The van der Waals surface area contributed by atoms with E-state index in [1.165, 1.54) is 11.1 Å². The number of hydrogen-bond donors (Lipinski definition) is 1. The van der Waals surface area contributed by atoms with Crippen LogP contribution in [0.15, 0.2) is 48.5 Å². The summed E-state index contributed by atoms with van der Waals surface area (Å²) in [5.74, 6) is -0.883. The molecule has 1 aromatic heterocycles. The number of aromatic carboxylic acids is 1. The SMILES string of the molecule is CC(C)(C)c1ccc(-c2cc3ccc(C(=O)O)cc3s2)cc1. The molecule has 0 aliphatic carbocycles. The van der Waals surface area contributed by atoms with Gasteiger partial charge in [-0.3, -0.25) is 0 Å². The van der Waals surface area contributed by atoms with Gasteiger partial charge in [-0.15, -0.1) is 11.3 Å². The van der Waals surface area contributed by atoms with Gasteiger partial charge >= 0.3 is 5.97 Å². The molecule has 0 unspecified atom stereocenters. The van der Waals surface area contributed by atoms with Crippen LogP contribution >= 0.6 is 11.3 Å². The van der Waals surface area contributed by atoms with Crippen LogP contribution in [0.4, 0.5) is 0 Å². The van der Waals surface area contributed by atoms with E-state index in [0.717, 1.165) is 15.0 Å². The van der Waals surface area contributed by atoms with Crippen LogP contribution in [0, 0.1) is 0 Å². The van der Waals surface area contributed by atoms with E-state index in [4.69, 9.17) is 5.11 Å². The van der Waals surface area contributed by atoms with Crippen LogP contribution in [0.5, 0.6) is 0 Å². The first-order valence-electron chi connectivity index (χ1n) is 7.22. The number of carboxylic acids is 1. The second kappa shape index (κ2) is 5.25. The van der Waals surface area contributed by atoms with E-state index in [-0.39, 0.29) is 5.41 Å². The Morgan fingerprint density at radius 2 is 1.68 bits per heavy atom. The average molecular weight is 310 g/mol. The lowest BCUT2D eigenvalue weighted by atomic mass is 9.86. The van der Waals surface area contributed by atoms with Gasteiger partial charge in [0.15, 0.2) is 0 Å². The van der Waals surface area contributed by atoms with Gasteiger partial charge in [0, 0.05) is 9.58 Å². The van der Waals surface area contributed by atoms with Crippen LogP contribution < -0.4 is 0 Å². The number of benzene rings is 2. The standard InChI is InChI=1S/C19H18O2S/c1-19(2,3)15-8-6-12(7-9-15)16-10-13-4-5-14(18(20)21)11-17(13)22-16/h4-11H,1-3H3,(H,20,21). The second-order valence-electron chi connectivity index (χ2n) is 6.50. The topological polar surface area (TPSA) is 37.3 Å². The molecule has 1 N–H and O–H groups in total. The van der Waals surface area contributed by atoms with E-state index < -0.39 is 5.97 Å². The largest absolute Gasteiger partial charge is 0.478 e. The molecule has 112 valence electrons. The Hall–Kier alpha value is -2.13. The van der Waals surface area contributed by atoms with Crippen molar-refractivity contribution < 1.29 is 9.90 Å². The van der Waals surface area contributed by atoms with E-state index in [9.17, 15) is 4.79 Å². The Labute approximate surface area is 134 Å². The van der Waals surface area contributed by atoms with Crippen LogP contribution in [0.25, 0.3) is 20.5 Å². The Morgan fingerprint density at radius 3 is 2.27 bits per heavy atom. The third-order valence-corrected chi connectivity index (χ3v) is 4.95. The minimum Gasteiger partial charge on any atom is -0.478 e. The summed E-state index contributed by atoms with van der Waals surface area (Å²) in [6.07, 6.45) is 0. The molecular formula is C19H18O2S. The first-order chi connectivity index (χ1) is 10.3. The van der Waals surface area contributed by atoms with Crippen molar-refractivity contribution in [3.8, 4) is 10.4 Å². The van der Waals surface area contributed by atoms with Gasteiger partial charge < -0.3 is 5.11 Å². The van der Waals surface area contributed by atoms with Gasteiger partial charge in [0.05, 0.1) is 5.56 Å². The zero-order valence-corrected chi connectivity index (χ0v) is 13.7. The molecule has 0 fully saturated rings. The molecule has 0 aliphatic heterocycles. The molecule has 2 aromatic carbocycles. The molecule has 0 atom stereocenters. The highest BCUT2D eigenvalue weighted by Gasteiger charge is 2.14. The van der Waals surface area contributed by atoms with Crippen LogP contribution in [0.3, 0.4) is 0 Å². The molecule has 0 bridgehead atoms. The number of rotatable bonds is 2. The maximum Gasteiger partial charge on any atom is 0.335 e. The van der Waals surface area contributed by atoms with Gasteiger partial charge in [0.25, 0.3) is 0 Å². The predicted octanol–water partition coefficient (Wildman–Crippen LogP) is 5.56. The molecule has 0 spiro atoms. The summed E-state index contributed by atoms with van der Waals surface area (Å²) in [6, 6.07) is 16.0. The molecule has 0 saturated heterocycles. The fourth-order valence-electron chi connectivity index (χ4n) is 2.44. The molecule has 0 saturated carbocycles. The molecular weight excluding hydrogens is 292 g/mol. The van der Waals surface area contributed by atoms with Crippen molar-refractivity contribution in [3.63, 3.8) is 0 Å². The molecule has 2 nitrogen and oxygen atoms in total. The minimum atomic E-state index is -0.883. The van der Waals surface area contributed by atoms with E-state index in [1.807, 2.05) is 6.07 Å². The number of hydrogen-bond acceptors (Lipinski definition) is 2. The smallest absolute Gasteiger partial charge is 0.335 e. The zero-order chi connectivity index (χ0) is 15.9. The number of thiophene rings is 1. The van der Waals surface area contributed by atoms with Crippen molar-refractivity contribution in [2.75, 3.05) is 0 Å². The molecule has 0 amide bonds. The van der Waals surface area contributed by atoms with Crippen molar-refractivity contribution in [1.82, 2.24) is 0 Å². The first kappa shape index (κ1) is 14.8.